The van der Waals surface area contributed by atoms with Crippen LogP contribution in [0.2, 0.25) is 5.02 Å². The summed E-state index contributed by atoms with van der Waals surface area (Å²) in [6.07, 6.45) is 2.08. The summed E-state index contributed by atoms with van der Waals surface area (Å²) in [5.74, 6) is 0.456. The molecule has 0 aliphatic heterocycles. The highest BCUT2D eigenvalue weighted by atomic mass is 35.5. The van der Waals surface area contributed by atoms with E-state index in [0.717, 1.165) is 12.8 Å². The smallest absolute Gasteiger partial charge is 0.253 e. The first-order valence-electron chi connectivity index (χ1n) is 6.30. The van der Waals surface area contributed by atoms with Gasteiger partial charge in [-0.15, -0.1) is 0 Å². The maximum atomic E-state index is 12.0. The van der Waals surface area contributed by atoms with Crippen LogP contribution in [-0.4, -0.2) is 11.9 Å². The van der Waals surface area contributed by atoms with Gasteiger partial charge >= 0.3 is 0 Å². The number of rotatable bonds is 5. The van der Waals surface area contributed by atoms with Crippen LogP contribution in [0.4, 0.5) is 5.69 Å². The number of amides is 1. The van der Waals surface area contributed by atoms with E-state index in [1.807, 2.05) is 6.92 Å². The van der Waals surface area contributed by atoms with Crippen molar-refractivity contribution in [1.29, 1.82) is 0 Å². The molecule has 0 fully saturated rings. The highest BCUT2D eigenvalue weighted by molar-refractivity contribution is 6.34. The van der Waals surface area contributed by atoms with Crippen LogP contribution in [0.15, 0.2) is 18.2 Å². The van der Waals surface area contributed by atoms with Crippen molar-refractivity contribution in [1.82, 2.24) is 5.32 Å². The number of carbonyl (C=O) groups excluding carboxylic acids is 1. The van der Waals surface area contributed by atoms with Gasteiger partial charge in [0.15, 0.2) is 0 Å². The second kappa shape index (κ2) is 6.64. The maximum absolute atomic E-state index is 12.0. The van der Waals surface area contributed by atoms with E-state index in [4.69, 9.17) is 17.3 Å². The maximum Gasteiger partial charge on any atom is 0.253 e. The van der Waals surface area contributed by atoms with Gasteiger partial charge in [0.1, 0.15) is 0 Å². The van der Waals surface area contributed by atoms with Gasteiger partial charge in [-0.3, -0.25) is 4.79 Å². The van der Waals surface area contributed by atoms with Crippen LogP contribution < -0.4 is 11.1 Å². The minimum atomic E-state index is -0.143. The van der Waals surface area contributed by atoms with Gasteiger partial charge in [0.25, 0.3) is 5.91 Å². The molecular formula is C14H21ClN2O. The first kappa shape index (κ1) is 14.8. The summed E-state index contributed by atoms with van der Waals surface area (Å²) in [7, 11) is 0. The summed E-state index contributed by atoms with van der Waals surface area (Å²) in [5, 5.41) is 3.35. The van der Waals surface area contributed by atoms with E-state index in [1.165, 1.54) is 0 Å². The summed E-state index contributed by atoms with van der Waals surface area (Å²) in [6.45, 7) is 6.34. The molecule has 0 bridgehead atoms. The second-order valence-corrected chi connectivity index (χ2v) is 5.27. The lowest BCUT2D eigenvalue weighted by molar-refractivity contribution is 0.0935. The molecule has 0 aliphatic carbocycles. The van der Waals surface area contributed by atoms with E-state index in [0.29, 0.717) is 22.2 Å². The summed E-state index contributed by atoms with van der Waals surface area (Å²) < 4.78 is 0. The van der Waals surface area contributed by atoms with Crippen molar-refractivity contribution in [3.05, 3.63) is 28.8 Å². The van der Waals surface area contributed by atoms with Crippen LogP contribution in [0.5, 0.6) is 0 Å². The van der Waals surface area contributed by atoms with Crippen molar-refractivity contribution in [2.45, 2.75) is 39.7 Å². The molecule has 0 aromatic heterocycles. The zero-order chi connectivity index (χ0) is 13.7. The van der Waals surface area contributed by atoms with Crippen molar-refractivity contribution in [2.24, 2.45) is 5.92 Å². The third-order valence-corrected chi connectivity index (χ3v) is 3.38. The largest absolute Gasteiger partial charge is 0.399 e. The molecule has 0 saturated carbocycles. The molecule has 0 saturated heterocycles. The van der Waals surface area contributed by atoms with Gasteiger partial charge in [0, 0.05) is 11.7 Å². The third kappa shape index (κ3) is 4.22. The van der Waals surface area contributed by atoms with E-state index in [9.17, 15) is 4.79 Å². The van der Waals surface area contributed by atoms with Gasteiger partial charge in [0.05, 0.1) is 10.6 Å². The fourth-order valence-corrected chi connectivity index (χ4v) is 2.12. The molecule has 1 aromatic rings. The van der Waals surface area contributed by atoms with E-state index >= 15 is 0 Å². The van der Waals surface area contributed by atoms with E-state index in [1.54, 1.807) is 18.2 Å². The lowest BCUT2D eigenvalue weighted by atomic mass is 10.00. The molecule has 2 atom stereocenters. The Kier molecular flexibility index (Phi) is 5.48. The molecule has 1 rings (SSSR count). The predicted octanol–water partition coefficient (Wildman–Crippen LogP) is 3.48. The van der Waals surface area contributed by atoms with E-state index in [-0.39, 0.29) is 11.9 Å². The van der Waals surface area contributed by atoms with Crippen molar-refractivity contribution >= 4 is 23.2 Å². The van der Waals surface area contributed by atoms with Gasteiger partial charge in [-0.25, -0.2) is 0 Å². The SMILES string of the molecule is CCC(C)CC(C)NC(=O)c1ccc(N)cc1Cl. The number of carbonyl (C=O) groups is 1. The van der Waals surface area contributed by atoms with Crippen LogP contribution in [-0.2, 0) is 0 Å². The fourth-order valence-electron chi connectivity index (χ4n) is 1.85. The summed E-state index contributed by atoms with van der Waals surface area (Å²) in [6, 6.07) is 5.07. The lowest BCUT2D eigenvalue weighted by Gasteiger charge is -2.18. The molecule has 100 valence electrons. The highest BCUT2D eigenvalue weighted by Gasteiger charge is 2.14. The van der Waals surface area contributed by atoms with Crippen molar-refractivity contribution < 1.29 is 4.79 Å². The number of nitrogens with one attached hydrogen (secondary N) is 1. The average Bonchev–Trinajstić information content (AvgIpc) is 2.28. The van der Waals surface area contributed by atoms with Gasteiger partial charge < -0.3 is 11.1 Å². The Bertz CT molecular complexity index is 420. The number of hydrogen-bond acceptors (Lipinski definition) is 2. The summed E-state index contributed by atoms with van der Waals surface area (Å²) in [5.41, 5.74) is 6.63. The highest BCUT2D eigenvalue weighted by Crippen LogP contribution is 2.19. The Morgan fingerprint density at radius 3 is 2.67 bits per heavy atom. The lowest BCUT2D eigenvalue weighted by Crippen LogP contribution is -2.33. The molecule has 3 N–H and O–H groups in total. The Balaban J connectivity index is 2.65. The Hall–Kier alpha value is -1.22. The number of halogens is 1. The van der Waals surface area contributed by atoms with Gasteiger partial charge in [-0.05, 0) is 37.5 Å². The number of nitrogens with two attached hydrogens (primary N) is 1. The Morgan fingerprint density at radius 1 is 1.44 bits per heavy atom. The average molecular weight is 269 g/mol. The molecule has 18 heavy (non-hydrogen) atoms. The number of anilines is 1. The molecule has 2 unspecified atom stereocenters. The first-order chi connectivity index (χ1) is 8.43. The number of benzene rings is 1. The molecule has 0 aliphatic rings. The monoisotopic (exact) mass is 268 g/mol. The normalized spacial score (nSPS) is 14.0. The van der Waals surface area contributed by atoms with Crippen LogP contribution in [0.1, 0.15) is 44.0 Å². The predicted molar refractivity (Wildman–Crippen MR) is 76.9 cm³/mol. The zero-order valence-corrected chi connectivity index (χ0v) is 11.9. The minimum absolute atomic E-state index is 0.140. The quantitative estimate of drug-likeness (QED) is 0.804. The standard InChI is InChI=1S/C14H21ClN2O/c1-4-9(2)7-10(3)17-14(18)12-6-5-11(16)8-13(12)15/h5-6,8-10H,4,7,16H2,1-3H3,(H,17,18). The molecule has 3 nitrogen and oxygen atoms in total. The van der Waals surface area contributed by atoms with Gasteiger partial charge in [-0.1, -0.05) is 31.9 Å². The number of nitrogen functional groups attached to an aromatic ring is 1. The van der Waals surface area contributed by atoms with E-state index < -0.39 is 0 Å². The molecule has 0 radical (unpaired) electrons. The second-order valence-electron chi connectivity index (χ2n) is 4.86. The molecule has 0 spiro atoms. The molecule has 1 aromatic carbocycles. The summed E-state index contributed by atoms with van der Waals surface area (Å²) in [4.78, 5) is 12.0. The molecular weight excluding hydrogens is 248 g/mol. The molecule has 1 amide bonds. The molecule has 4 heteroatoms. The van der Waals surface area contributed by atoms with Crippen LogP contribution in [0.3, 0.4) is 0 Å². The summed E-state index contributed by atoms with van der Waals surface area (Å²) >= 11 is 6.00. The van der Waals surface area contributed by atoms with Crippen LogP contribution >= 0.6 is 11.6 Å². The minimum Gasteiger partial charge on any atom is -0.399 e. The van der Waals surface area contributed by atoms with Crippen LogP contribution in [0, 0.1) is 5.92 Å². The number of hydrogen-bond donors (Lipinski definition) is 2. The first-order valence-corrected chi connectivity index (χ1v) is 6.67. The van der Waals surface area contributed by atoms with E-state index in [2.05, 4.69) is 19.2 Å². The van der Waals surface area contributed by atoms with Crippen LogP contribution in [0.25, 0.3) is 0 Å². The van der Waals surface area contributed by atoms with Crippen molar-refractivity contribution in [3.8, 4) is 0 Å². The Morgan fingerprint density at radius 2 is 2.11 bits per heavy atom. The topological polar surface area (TPSA) is 55.1 Å². The van der Waals surface area contributed by atoms with Crippen molar-refractivity contribution in [3.63, 3.8) is 0 Å². The van der Waals surface area contributed by atoms with Gasteiger partial charge in [-0.2, -0.15) is 0 Å². The third-order valence-electron chi connectivity index (χ3n) is 3.07. The zero-order valence-electron chi connectivity index (χ0n) is 11.2. The Labute approximate surface area is 114 Å². The van der Waals surface area contributed by atoms with Gasteiger partial charge in [0.2, 0.25) is 0 Å². The fraction of sp³-hybridized carbons (Fsp3) is 0.500. The van der Waals surface area contributed by atoms with Crippen molar-refractivity contribution in [2.75, 3.05) is 5.73 Å². The molecule has 0 heterocycles.